The van der Waals surface area contributed by atoms with Gasteiger partial charge in [0.15, 0.2) is 0 Å². The number of hydrogen-bond acceptors (Lipinski definition) is 2. The molecule has 8 heteroatoms. The third kappa shape index (κ3) is 3.50. The first kappa shape index (κ1) is 17.1. The number of anilines is 1. The van der Waals surface area contributed by atoms with E-state index in [4.69, 9.17) is 23.2 Å². The van der Waals surface area contributed by atoms with Crippen LogP contribution in [0.15, 0.2) is 47.1 Å². The molecule has 1 N–H and O–H groups in total. The van der Waals surface area contributed by atoms with E-state index in [1.807, 2.05) is 24.3 Å². The van der Waals surface area contributed by atoms with E-state index in [9.17, 15) is 4.79 Å². The van der Waals surface area contributed by atoms with Crippen molar-refractivity contribution in [3.05, 3.63) is 68.5 Å². The molecule has 0 aliphatic rings. The summed E-state index contributed by atoms with van der Waals surface area (Å²) < 4.78 is 4.26. The molecule has 1 amide bonds. The quantitative estimate of drug-likeness (QED) is 0.661. The topological polar surface area (TPSA) is 51.9 Å². The molecule has 0 bridgehead atoms. The van der Waals surface area contributed by atoms with Gasteiger partial charge in [0, 0.05) is 17.6 Å². The highest BCUT2D eigenvalue weighted by Gasteiger charge is 2.17. The molecule has 2 aromatic heterocycles. The molecule has 0 radical (unpaired) electrons. The number of benzene rings is 1. The Balaban J connectivity index is 1.79. The summed E-state index contributed by atoms with van der Waals surface area (Å²) in [5.41, 5.74) is 1.45. The van der Waals surface area contributed by atoms with Crippen LogP contribution in [0.25, 0.3) is 0 Å². The Morgan fingerprint density at radius 3 is 2.58 bits per heavy atom. The number of rotatable bonds is 4. The van der Waals surface area contributed by atoms with Crippen LogP contribution in [0.2, 0.25) is 10.2 Å². The highest BCUT2D eigenvalue weighted by Crippen LogP contribution is 2.25. The molecule has 1 aromatic carbocycles. The molecule has 0 fully saturated rings. The van der Waals surface area contributed by atoms with Crippen molar-refractivity contribution in [2.24, 2.45) is 7.05 Å². The van der Waals surface area contributed by atoms with Gasteiger partial charge in [0.1, 0.15) is 16.7 Å². The van der Waals surface area contributed by atoms with Crippen LogP contribution in [0, 0.1) is 0 Å². The lowest BCUT2D eigenvalue weighted by Gasteiger charge is -2.10. The van der Waals surface area contributed by atoms with Crippen LogP contribution in [-0.4, -0.2) is 20.3 Å². The van der Waals surface area contributed by atoms with E-state index in [1.165, 1.54) is 10.6 Å². The fraction of sp³-hybridized carbons (Fsp3) is 0.125. The van der Waals surface area contributed by atoms with Crippen LogP contribution in [0.3, 0.4) is 0 Å². The molecule has 0 unspecified atom stereocenters. The molecule has 0 spiro atoms. The second-order valence-electron chi connectivity index (χ2n) is 5.18. The fourth-order valence-corrected chi connectivity index (χ4v) is 2.91. The van der Waals surface area contributed by atoms with Crippen molar-refractivity contribution in [2.75, 3.05) is 5.32 Å². The first-order valence-electron chi connectivity index (χ1n) is 7.04. The average Bonchev–Trinajstić information content (AvgIpc) is 3.09. The zero-order valence-corrected chi connectivity index (χ0v) is 15.7. The van der Waals surface area contributed by atoms with Crippen molar-refractivity contribution in [3.8, 4) is 0 Å². The first-order chi connectivity index (χ1) is 11.5. The molecule has 2 heterocycles. The van der Waals surface area contributed by atoms with E-state index in [0.29, 0.717) is 28.2 Å². The number of amides is 1. The Hall–Kier alpha value is -1.76. The largest absolute Gasteiger partial charge is 0.329 e. The van der Waals surface area contributed by atoms with Gasteiger partial charge in [-0.25, -0.2) is 4.68 Å². The minimum absolute atomic E-state index is 0.302. The number of carbonyl (C=O) groups excluding carboxylic acids is 1. The molecule has 124 valence electrons. The molecule has 24 heavy (non-hydrogen) atoms. The fourth-order valence-electron chi connectivity index (χ4n) is 2.27. The number of hydrogen-bond donors (Lipinski definition) is 1. The Kier molecular flexibility index (Phi) is 4.99. The summed E-state index contributed by atoms with van der Waals surface area (Å²) in [6, 6.07) is 11.2. The minimum atomic E-state index is -0.302. The second-order valence-corrected chi connectivity index (χ2v) is 6.86. The molecular weight excluding hydrogens is 415 g/mol. The Morgan fingerprint density at radius 1 is 1.25 bits per heavy atom. The van der Waals surface area contributed by atoms with Gasteiger partial charge in [-0.05, 0) is 23.8 Å². The molecule has 0 saturated heterocycles. The van der Waals surface area contributed by atoms with Gasteiger partial charge in [-0.1, -0.05) is 51.3 Å². The van der Waals surface area contributed by atoms with Crippen molar-refractivity contribution in [1.82, 2.24) is 14.3 Å². The van der Waals surface area contributed by atoms with Crippen molar-refractivity contribution in [2.45, 2.75) is 6.54 Å². The molecule has 5 nitrogen and oxygen atoms in total. The molecule has 0 aliphatic heterocycles. The lowest BCUT2D eigenvalue weighted by molar-refractivity contribution is 0.101. The predicted molar refractivity (Wildman–Crippen MR) is 98.9 cm³/mol. The van der Waals surface area contributed by atoms with Gasteiger partial charge in [0.2, 0.25) is 0 Å². The minimum Gasteiger partial charge on any atom is -0.329 e. The molecular formula is C16H13BrCl2N4O. The second kappa shape index (κ2) is 7.01. The van der Waals surface area contributed by atoms with E-state index < -0.39 is 0 Å². The van der Waals surface area contributed by atoms with E-state index in [2.05, 4.69) is 26.3 Å². The number of nitrogens with zero attached hydrogens (tertiary/aromatic N) is 3. The smallest absolute Gasteiger partial charge is 0.273 e. The summed E-state index contributed by atoms with van der Waals surface area (Å²) in [7, 11) is 1.68. The molecule has 0 saturated carbocycles. The molecule has 3 aromatic rings. The molecule has 0 aliphatic carbocycles. The van der Waals surface area contributed by atoms with Gasteiger partial charge in [-0.3, -0.25) is 4.79 Å². The lowest BCUT2D eigenvalue weighted by Crippen LogP contribution is -2.18. The van der Waals surface area contributed by atoms with Crippen LogP contribution in [0.5, 0.6) is 0 Å². The van der Waals surface area contributed by atoms with Gasteiger partial charge in [0.05, 0.1) is 17.8 Å². The maximum absolute atomic E-state index is 12.5. The van der Waals surface area contributed by atoms with Gasteiger partial charge < -0.3 is 9.88 Å². The third-order valence-corrected chi connectivity index (χ3v) is 4.92. The van der Waals surface area contributed by atoms with Crippen molar-refractivity contribution < 1.29 is 4.79 Å². The van der Waals surface area contributed by atoms with E-state index in [-0.39, 0.29) is 5.91 Å². The number of halogens is 3. The van der Waals surface area contributed by atoms with Gasteiger partial charge in [-0.15, -0.1) is 0 Å². The van der Waals surface area contributed by atoms with Crippen LogP contribution < -0.4 is 5.32 Å². The van der Waals surface area contributed by atoms with Crippen LogP contribution in [-0.2, 0) is 13.6 Å². The summed E-state index contributed by atoms with van der Waals surface area (Å²) in [6.07, 6.45) is 1.64. The zero-order chi connectivity index (χ0) is 17.3. The maximum atomic E-state index is 12.5. The lowest BCUT2D eigenvalue weighted by atomic mass is 10.2. The zero-order valence-electron chi connectivity index (χ0n) is 12.6. The molecule has 3 rings (SSSR count). The van der Waals surface area contributed by atoms with Gasteiger partial charge in [-0.2, -0.15) is 5.10 Å². The van der Waals surface area contributed by atoms with Crippen molar-refractivity contribution in [1.29, 1.82) is 0 Å². The van der Waals surface area contributed by atoms with Gasteiger partial charge in [0.25, 0.3) is 5.91 Å². The van der Waals surface area contributed by atoms with Crippen molar-refractivity contribution >= 4 is 50.9 Å². The Morgan fingerprint density at radius 2 is 1.96 bits per heavy atom. The predicted octanol–water partition coefficient (Wildman–Crippen LogP) is 4.59. The van der Waals surface area contributed by atoms with Crippen LogP contribution in [0.1, 0.15) is 16.1 Å². The summed E-state index contributed by atoms with van der Waals surface area (Å²) >= 11 is 15.4. The summed E-state index contributed by atoms with van der Waals surface area (Å²) in [4.78, 5) is 12.5. The SMILES string of the molecule is Cn1c(C(=O)Nc2ccnn2Cc2ccc(Br)cc2)cc(Cl)c1Cl. The number of aromatic nitrogens is 3. The first-order valence-corrected chi connectivity index (χ1v) is 8.59. The average molecular weight is 428 g/mol. The van der Waals surface area contributed by atoms with Crippen LogP contribution >= 0.6 is 39.1 Å². The van der Waals surface area contributed by atoms with Crippen LogP contribution in [0.4, 0.5) is 5.82 Å². The Bertz CT molecular complexity index is 886. The highest BCUT2D eigenvalue weighted by atomic mass is 79.9. The maximum Gasteiger partial charge on any atom is 0.273 e. The third-order valence-electron chi connectivity index (χ3n) is 3.55. The molecule has 0 atom stereocenters. The summed E-state index contributed by atoms with van der Waals surface area (Å²) in [6.45, 7) is 0.546. The Labute approximate surface area is 157 Å². The number of nitrogens with one attached hydrogen (secondary N) is 1. The standard InChI is InChI=1S/C16H13BrCl2N4O/c1-22-13(8-12(18)15(22)19)16(24)21-14-6-7-20-23(14)9-10-2-4-11(17)5-3-10/h2-8H,9H2,1H3,(H,21,24). The normalized spacial score (nSPS) is 10.8. The van der Waals surface area contributed by atoms with E-state index in [0.717, 1.165) is 10.0 Å². The monoisotopic (exact) mass is 426 g/mol. The van der Waals surface area contributed by atoms with Crippen molar-refractivity contribution in [3.63, 3.8) is 0 Å². The highest BCUT2D eigenvalue weighted by molar-refractivity contribution is 9.10. The summed E-state index contributed by atoms with van der Waals surface area (Å²) in [5, 5.41) is 7.76. The number of carbonyl (C=O) groups is 1. The van der Waals surface area contributed by atoms with Gasteiger partial charge >= 0.3 is 0 Å². The summed E-state index contributed by atoms with van der Waals surface area (Å²) in [5.74, 6) is 0.292. The van der Waals surface area contributed by atoms with E-state index >= 15 is 0 Å². The van der Waals surface area contributed by atoms with E-state index in [1.54, 1.807) is 24.0 Å².